The van der Waals surface area contributed by atoms with Crippen molar-refractivity contribution in [3.05, 3.63) is 142 Å². The first-order valence-electron chi connectivity index (χ1n) is 21.2. The third kappa shape index (κ3) is 9.23. The van der Waals surface area contributed by atoms with Gasteiger partial charge in [0.15, 0.2) is 23.8 Å². The summed E-state index contributed by atoms with van der Waals surface area (Å²) in [6.45, 7) is 2.28. The zero-order valence-corrected chi connectivity index (χ0v) is 32.8. The Bertz CT molecular complexity index is 1950. The predicted molar refractivity (Wildman–Crippen MR) is 219 cm³/mol. The van der Waals surface area contributed by atoms with Gasteiger partial charge in [-0.2, -0.15) is 0 Å². The fraction of sp³-hybridized carbons (Fsp3) is 0.440. The van der Waals surface area contributed by atoms with E-state index >= 15 is 0 Å². The van der Waals surface area contributed by atoms with Crippen molar-refractivity contribution in [1.29, 1.82) is 0 Å². The Morgan fingerprint density at radius 1 is 0.554 bits per heavy atom. The highest BCUT2D eigenvalue weighted by molar-refractivity contribution is 6.28. The first kappa shape index (κ1) is 39.4. The Labute approximate surface area is 332 Å². The molecule has 0 N–H and O–H groups in total. The van der Waals surface area contributed by atoms with Gasteiger partial charge in [0.2, 0.25) is 0 Å². The Hall–Kier alpha value is -4.84. The van der Waals surface area contributed by atoms with Gasteiger partial charge in [0, 0.05) is 22.3 Å². The first-order valence-corrected chi connectivity index (χ1v) is 21.2. The molecule has 0 saturated heterocycles. The average Bonchev–Trinajstić information content (AvgIpc) is 3.25. The Balaban J connectivity index is 1.02. The number of ether oxygens (including phenoxy) is 2. The van der Waals surface area contributed by atoms with E-state index in [4.69, 9.17) is 9.47 Å². The van der Waals surface area contributed by atoms with Gasteiger partial charge in [-0.25, -0.2) is 4.79 Å². The number of benzene rings is 4. The minimum absolute atomic E-state index is 0.137. The van der Waals surface area contributed by atoms with Crippen LogP contribution in [0.25, 0.3) is 0 Å². The maximum atomic E-state index is 14.1. The largest absolute Gasteiger partial charge is 0.453 e. The Morgan fingerprint density at radius 3 is 1.66 bits per heavy atom. The summed E-state index contributed by atoms with van der Waals surface area (Å²) >= 11 is 0. The lowest BCUT2D eigenvalue weighted by Gasteiger charge is -2.38. The number of carbonyl (C=O) groups is 4. The van der Waals surface area contributed by atoms with Crippen molar-refractivity contribution in [2.45, 2.75) is 115 Å². The van der Waals surface area contributed by atoms with Crippen LogP contribution in [0.4, 0.5) is 0 Å². The van der Waals surface area contributed by atoms with Gasteiger partial charge in [-0.3, -0.25) is 14.4 Å². The molecule has 4 aromatic rings. The SMILES string of the molecule is CCCCCCCCC1CCC(C2CCC(C(=O)OC(c3ccccc3)C(OC(=O)c3ccc4c(c3)C(=O)c3ccccc3C4=O)c3ccccc3)CC2)CC1. The number of esters is 2. The van der Waals surface area contributed by atoms with Gasteiger partial charge in [-0.1, -0.05) is 150 Å². The van der Waals surface area contributed by atoms with E-state index < -0.39 is 18.2 Å². The van der Waals surface area contributed by atoms with Gasteiger partial charge < -0.3 is 9.47 Å². The molecular formula is C50H56O6. The summed E-state index contributed by atoms with van der Waals surface area (Å²) in [5, 5.41) is 0. The molecule has 56 heavy (non-hydrogen) atoms. The summed E-state index contributed by atoms with van der Waals surface area (Å²) in [7, 11) is 0. The minimum Gasteiger partial charge on any atom is -0.453 e. The smallest absolute Gasteiger partial charge is 0.338 e. The lowest BCUT2D eigenvalue weighted by atomic mass is 9.68. The second kappa shape index (κ2) is 18.9. The molecule has 3 aliphatic carbocycles. The molecule has 7 rings (SSSR count). The van der Waals surface area contributed by atoms with Crippen molar-refractivity contribution in [1.82, 2.24) is 0 Å². The molecule has 2 saturated carbocycles. The van der Waals surface area contributed by atoms with Crippen molar-refractivity contribution < 1.29 is 28.7 Å². The van der Waals surface area contributed by atoms with Gasteiger partial charge in [0.1, 0.15) is 0 Å². The zero-order valence-electron chi connectivity index (χ0n) is 32.8. The summed E-state index contributed by atoms with van der Waals surface area (Å²) in [5.74, 6) is 0.610. The number of carbonyl (C=O) groups excluding carboxylic acids is 4. The third-order valence-electron chi connectivity index (χ3n) is 12.8. The maximum absolute atomic E-state index is 14.1. The van der Waals surface area contributed by atoms with Crippen molar-refractivity contribution in [3.63, 3.8) is 0 Å². The molecule has 0 aliphatic heterocycles. The van der Waals surface area contributed by atoms with Gasteiger partial charge in [0.05, 0.1) is 11.5 Å². The molecule has 292 valence electrons. The Kier molecular flexibility index (Phi) is 13.3. The van der Waals surface area contributed by atoms with Gasteiger partial charge in [-0.05, 0) is 85.6 Å². The number of ketones is 2. The number of hydrogen-bond donors (Lipinski definition) is 0. The van der Waals surface area contributed by atoms with Gasteiger partial charge >= 0.3 is 11.9 Å². The van der Waals surface area contributed by atoms with Crippen LogP contribution in [0.1, 0.15) is 169 Å². The molecule has 0 bridgehead atoms. The molecular weight excluding hydrogens is 697 g/mol. The second-order valence-electron chi connectivity index (χ2n) is 16.4. The highest BCUT2D eigenvalue weighted by atomic mass is 16.6. The van der Waals surface area contributed by atoms with Gasteiger partial charge in [0.25, 0.3) is 0 Å². The number of rotatable bonds is 15. The summed E-state index contributed by atoms with van der Waals surface area (Å²) in [6, 6.07) is 30.0. The number of unbranched alkanes of at least 4 members (excludes halogenated alkanes) is 5. The fourth-order valence-electron chi connectivity index (χ4n) is 9.51. The minimum atomic E-state index is -0.966. The first-order chi connectivity index (χ1) is 27.4. The van der Waals surface area contributed by atoms with Crippen molar-refractivity contribution in [3.8, 4) is 0 Å². The summed E-state index contributed by atoms with van der Waals surface area (Å²) in [5.41, 5.74) is 2.63. The van der Waals surface area contributed by atoms with E-state index in [1.165, 1.54) is 88.8 Å². The van der Waals surface area contributed by atoms with E-state index in [2.05, 4.69) is 6.92 Å². The molecule has 6 nitrogen and oxygen atoms in total. The van der Waals surface area contributed by atoms with E-state index in [1.807, 2.05) is 60.7 Å². The Morgan fingerprint density at radius 2 is 1.05 bits per heavy atom. The second-order valence-corrected chi connectivity index (χ2v) is 16.4. The molecule has 0 spiro atoms. The van der Waals surface area contributed by atoms with E-state index in [0.717, 1.165) is 43.1 Å². The monoisotopic (exact) mass is 752 g/mol. The highest BCUT2D eigenvalue weighted by Gasteiger charge is 2.38. The standard InChI is InChI=1S/C50H56O6/c1-2-3-4-5-6-9-16-34-23-25-35(26-24-34)36-27-29-39(30-28-36)49(53)55-47(37-17-10-7-11-18-37)48(38-19-12-8-13-20-38)56-50(54)40-31-32-43-44(33-40)46(52)42-22-15-14-21-41(42)45(43)51/h7-8,10-15,17-22,31-36,39,47-48H,2-6,9,16,23-30H2,1H3. The molecule has 3 aliphatic rings. The number of hydrogen-bond acceptors (Lipinski definition) is 6. The van der Waals surface area contributed by atoms with E-state index in [0.29, 0.717) is 22.6 Å². The van der Waals surface area contributed by atoms with E-state index in [9.17, 15) is 19.2 Å². The van der Waals surface area contributed by atoms with Crippen LogP contribution >= 0.6 is 0 Å². The highest BCUT2D eigenvalue weighted by Crippen LogP contribution is 2.44. The van der Waals surface area contributed by atoms with E-state index in [1.54, 1.807) is 24.3 Å². The van der Waals surface area contributed by atoms with E-state index in [-0.39, 0.29) is 40.1 Å². The van der Waals surface area contributed by atoms with Crippen molar-refractivity contribution in [2.75, 3.05) is 0 Å². The van der Waals surface area contributed by atoms with Crippen LogP contribution in [0.15, 0.2) is 103 Å². The van der Waals surface area contributed by atoms with Crippen LogP contribution in [0.2, 0.25) is 0 Å². The zero-order chi connectivity index (χ0) is 38.9. The molecule has 4 aromatic carbocycles. The molecule has 0 aromatic heterocycles. The molecule has 0 radical (unpaired) electrons. The summed E-state index contributed by atoms with van der Waals surface area (Å²) in [4.78, 5) is 54.8. The lowest BCUT2D eigenvalue weighted by Crippen LogP contribution is -2.31. The molecule has 6 heteroatoms. The quantitative estimate of drug-likeness (QED) is 0.0782. The molecule has 0 heterocycles. The van der Waals surface area contributed by atoms with Crippen molar-refractivity contribution >= 4 is 23.5 Å². The molecule has 0 amide bonds. The van der Waals surface area contributed by atoms with Crippen LogP contribution in [-0.4, -0.2) is 23.5 Å². The van der Waals surface area contributed by atoms with Gasteiger partial charge in [-0.15, -0.1) is 0 Å². The summed E-state index contributed by atoms with van der Waals surface area (Å²) in [6.07, 6.45) is 16.8. The normalized spacial score (nSPS) is 21.7. The lowest BCUT2D eigenvalue weighted by molar-refractivity contribution is -0.163. The van der Waals surface area contributed by atoms with Crippen LogP contribution in [-0.2, 0) is 14.3 Å². The van der Waals surface area contributed by atoms with Crippen LogP contribution in [0, 0.1) is 23.7 Å². The maximum Gasteiger partial charge on any atom is 0.338 e. The topological polar surface area (TPSA) is 86.7 Å². The molecule has 2 unspecified atom stereocenters. The van der Waals surface area contributed by atoms with Crippen LogP contribution < -0.4 is 0 Å². The molecule has 2 fully saturated rings. The summed E-state index contributed by atoms with van der Waals surface area (Å²) < 4.78 is 12.7. The predicted octanol–water partition coefficient (Wildman–Crippen LogP) is 12.0. The molecule has 2 atom stereocenters. The van der Waals surface area contributed by atoms with Crippen LogP contribution in [0.5, 0.6) is 0 Å². The fourth-order valence-corrected chi connectivity index (χ4v) is 9.51. The van der Waals surface area contributed by atoms with Crippen LogP contribution in [0.3, 0.4) is 0 Å². The van der Waals surface area contributed by atoms with Crippen molar-refractivity contribution in [2.24, 2.45) is 23.7 Å². The third-order valence-corrected chi connectivity index (χ3v) is 12.8. The average molecular weight is 753 g/mol. The number of fused-ring (bicyclic) bond motifs is 2.